The summed E-state index contributed by atoms with van der Waals surface area (Å²) >= 11 is 0. The predicted molar refractivity (Wildman–Crippen MR) is 145 cm³/mol. The lowest BCUT2D eigenvalue weighted by Gasteiger charge is -2.04. The third kappa shape index (κ3) is 35.9. The lowest BCUT2D eigenvalue weighted by Crippen LogP contribution is -1.97. The van der Waals surface area contributed by atoms with E-state index in [2.05, 4.69) is 6.92 Å². The van der Waals surface area contributed by atoms with Gasteiger partial charge in [-0.1, -0.05) is 155 Å². The minimum Gasteiger partial charge on any atom is -0.344 e. The number of hydrogen-bond acceptors (Lipinski definition) is 2. The Hall–Kier alpha value is 0.500. The van der Waals surface area contributed by atoms with Gasteiger partial charge in [0, 0.05) is 0 Å². The highest BCUT2D eigenvalue weighted by Crippen LogP contribution is 2.15. The van der Waals surface area contributed by atoms with Gasteiger partial charge >= 0.3 is 0 Å². The fourth-order valence-corrected chi connectivity index (χ4v) is 4.11. The number of unbranched alkanes of at least 4 members (excludes halogenated alkanes) is 23. The first-order chi connectivity index (χ1) is 13.4. The van der Waals surface area contributed by atoms with E-state index in [0.29, 0.717) is 0 Å². The summed E-state index contributed by atoms with van der Waals surface area (Å²) in [5.41, 5.74) is 5.52. The van der Waals surface area contributed by atoms with Crippen molar-refractivity contribution in [3.63, 3.8) is 0 Å². The Morgan fingerprint density at radius 1 is 0.333 bits per heavy atom. The van der Waals surface area contributed by atoms with Crippen molar-refractivity contribution in [2.24, 2.45) is 5.73 Å². The Morgan fingerprint density at radius 3 is 0.667 bits per heavy atom. The molecule has 0 heterocycles. The summed E-state index contributed by atoms with van der Waals surface area (Å²) in [5, 5.41) is 0. The van der Waals surface area contributed by atoms with Crippen molar-refractivity contribution in [3.05, 3.63) is 0 Å². The first kappa shape index (κ1) is 37.8. The molecule has 0 unspecified atom stereocenters. The maximum Gasteiger partial charge on any atom is -0.00773 e. The molecule has 0 aromatic heterocycles. The van der Waals surface area contributed by atoms with Crippen LogP contribution in [-0.2, 0) is 0 Å². The van der Waals surface area contributed by atoms with Gasteiger partial charge in [-0.05, 0) is 13.0 Å². The molecular weight excluding hydrogens is 411 g/mol. The highest BCUT2D eigenvalue weighted by Gasteiger charge is 1.95. The summed E-state index contributed by atoms with van der Waals surface area (Å²) in [6, 6.07) is 0. The maximum absolute atomic E-state index is 5.52. The lowest BCUT2D eigenvalue weighted by molar-refractivity contribution is 0.517. The van der Waals surface area contributed by atoms with Crippen LogP contribution >= 0.6 is 24.8 Å². The van der Waals surface area contributed by atoms with Crippen molar-refractivity contribution in [3.8, 4) is 0 Å². The molecule has 0 fully saturated rings. The highest BCUT2D eigenvalue weighted by atomic mass is 35.5. The molecule has 0 spiro atoms. The molecule has 0 saturated heterocycles. The Balaban J connectivity index is -0.00000113. The molecule has 5 N–H and O–H groups in total. The first-order valence-electron chi connectivity index (χ1n) is 13.1. The molecule has 0 aromatic carbocycles. The summed E-state index contributed by atoms with van der Waals surface area (Å²) in [6.07, 6.45) is 34.8. The largest absolute Gasteiger partial charge is 0.344 e. The van der Waals surface area contributed by atoms with Crippen LogP contribution in [-0.4, -0.2) is 6.54 Å². The van der Waals surface area contributed by atoms with Gasteiger partial charge in [-0.2, -0.15) is 0 Å². The minimum atomic E-state index is 0. The van der Waals surface area contributed by atoms with Crippen LogP contribution in [0.3, 0.4) is 0 Å². The van der Waals surface area contributed by atoms with Gasteiger partial charge in [0.25, 0.3) is 0 Å². The molecule has 0 rings (SSSR count). The quantitative estimate of drug-likeness (QED) is 0.138. The Morgan fingerprint density at radius 2 is 0.500 bits per heavy atom. The highest BCUT2D eigenvalue weighted by molar-refractivity contribution is 5.85. The van der Waals surface area contributed by atoms with E-state index in [1.807, 2.05) is 0 Å². The van der Waals surface area contributed by atoms with Gasteiger partial charge in [0.1, 0.15) is 0 Å². The van der Waals surface area contributed by atoms with Crippen molar-refractivity contribution < 1.29 is 0 Å². The normalized spacial score (nSPS) is 10.2. The molecule has 0 aliphatic rings. The molecule has 0 radical (unpaired) electrons. The number of hydrogen-bond donors (Lipinski definition) is 2. The van der Waals surface area contributed by atoms with Crippen LogP contribution in [0.1, 0.15) is 161 Å². The van der Waals surface area contributed by atoms with Crippen LogP contribution in [0.15, 0.2) is 0 Å². The summed E-state index contributed by atoms with van der Waals surface area (Å²) in [4.78, 5) is 0. The van der Waals surface area contributed by atoms with Gasteiger partial charge in [0.2, 0.25) is 0 Å². The van der Waals surface area contributed by atoms with E-state index in [0.717, 1.165) is 6.54 Å². The molecule has 0 aliphatic carbocycles. The molecule has 0 amide bonds. The number of rotatable bonds is 24. The summed E-state index contributed by atoms with van der Waals surface area (Å²) in [6.45, 7) is 3.18. The van der Waals surface area contributed by atoms with Crippen molar-refractivity contribution in [2.75, 3.05) is 6.54 Å². The van der Waals surface area contributed by atoms with Crippen molar-refractivity contribution in [1.29, 1.82) is 0 Å². The Bertz CT molecular complexity index is 229. The molecular formula is C26H60Cl2N2. The lowest BCUT2D eigenvalue weighted by atomic mass is 10.0. The van der Waals surface area contributed by atoms with E-state index in [1.165, 1.54) is 154 Å². The van der Waals surface area contributed by atoms with Crippen LogP contribution < -0.4 is 11.9 Å². The zero-order valence-corrected chi connectivity index (χ0v) is 22.4. The van der Waals surface area contributed by atoms with Crippen LogP contribution in [0.5, 0.6) is 0 Å². The number of nitrogens with two attached hydrogens (primary N) is 1. The van der Waals surface area contributed by atoms with Gasteiger partial charge in [-0.15, -0.1) is 24.8 Å². The number of halogens is 2. The van der Waals surface area contributed by atoms with Crippen LogP contribution in [0.2, 0.25) is 0 Å². The summed E-state index contributed by atoms with van der Waals surface area (Å²) in [5.74, 6) is 0. The zero-order valence-electron chi connectivity index (χ0n) is 20.8. The van der Waals surface area contributed by atoms with Gasteiger partial charge in [0.05, 0.1) is 0 Å². The van der Waals surface area contributed by atoms with Crippen molar-refractivity contribution >= 4 is 24.8 Å². The molecule has 0 bridgehead atoms. The fourth-order valence-electron chi connectivity index (χ4n) is 4.11. The average Bonchev–Trinajstić information content (AvgIpc) is 2.68. The molecule has 0 aromatic rings. The van der Waals surface area contributed by atoms with Crippen molar-refractivity contribution in [1.82, 2.24) is 6.15 Å². The standard InChI is InChI=1S/C26H55N.2ClH.H3N/c1-2-3-4-5-6-7-8-9-10-11-12-13-14-15-16-17-18-19-20-21-22-23-24-25-26-27;;;/h2-27H2,1H3;2*1H;1H3. The van der Waals surface area contributed by atoms with Gasteiger partial charge < -0.3 is 11.9 Å². The van der Waals surface area contributed by atoms with E-state index >= 15 is 0 Å². The predicted octanol–water partition coefficient (Wildman–Crippen LogP) is 10.3. The second-order valence-corrected chi connectivity index (χ2v) is 8.92. The zero-order chi connectivity index (χ0) is 19.7. The SMILES string of the molecule is CCCCCCCCCCCCCCCCCCCCCCCCCCN.Cl.Cl.N. The van der Waals surface area contributed by atoms with E-state index < -0.39 is 0 Å². The molecule has 188 valence electrons. The van der Waals surface area contributed by atoms with Gasteiger partial charge in [-0.25, -0.2) is 0 Å². The molecule has 0 saturated carbocycles. The second kappa shape index (κ2) is 36.8. The van der Waals surface area contributed by atoms with Crippen LogP contribution in [0, 0.1) is 0 Å². The molecule has 0 atom stereocenters. The molecule has 4 heteroatoms. The van der Waals surface area contributed by atoms with Crippen molar-refractivity contribution in [2.45, 2.75) is 161 Å². The van der Waals surface area contributed by atoms with E-state index in [9.17, 15) is 0 Å². The fraction of sp³-hybridized carbons (Fsp3) is 1.00. The summed E-state index contributed by atoms with van der Waals surface area (Å²) in [7, 11) is 0. The third-order valence-corrected chi connectivity index (χ3v) is 6.06. The van der Waals surface area contributed by atoms with Crippen LogP contribution in [0.25, 0.3) is 0 Å². The molecule has 2 nitrogen and oxygen atoms in total. The van der Waals surface area contributed by atoms with E-state index in [4.69, 9.17) is 5.73 Å². The van der Waals surface area contributed by atoms with Gasteiger partial charge in [0.15, 0.2) is 0 Å². The van der Waals surface area contributed by atoms with E-state index in [-0.39, 0.29) is 31.0 Å². The maximum atomic E-state index is 5.52. The summed E-state index contributed by atoms with van der Waals surface area (Å²) < 4.78 is 0. The van der Waals surface area contributed by atoms with Gasteiger partial charge in [-0.3, -0.25) is 0 Å². The average molecular weight is 472 g/mol. The van der Waals surface area contributed by atoms with Crippen LogP contribution in [0.4, 0.5) is 0 Å². The second-order valence-electron chi connectivity index (χ2n) is 8.92. The first-order valence-corrected chi connectivity index (χ1v) is 13.1. The monoisotopic (exact) mass is 470 g/mol. The molecule has 30 heavy (non-hydrogen) atoms. The topological polar surface area (TPSA) is 61.0 Å². The molecule has 0 aliphatic heterocycles. The Labute approximate surface area is 204 Å². The third-order valence-electron chi connectivity index (χ3n) is 6.06. The van der Waals surface area contributed by atoms with E-state index in [1.54, 1.807) is 0 Å². The smallest absolute Gasteiger partial charge is 0.00773 e. The minimum absolute atomic E-state index is 0. The Kier molecular flexibility index (Phi) is 46.4.